The maximum Gasteiger partial charge on any atom is 0.234 e. The number of hydrogen-bond donors (Lipinski definition) is 1. The predicted octanol–water partition coefficient (Wildman–Crippen LogP) is 4.59. The summed E-state index contributed by atoms with van der Waals surface area (Å²) in [6.07, 6.45) is 0. The number of nitrogens with zero attached hydrogens (tertiary/aromatic N) is 4. The van der Waals surface area contributed by atoms with Crippen LogP contribution in [0.1, 0.15) is 6.92 Å². The molecule has 7 nitrogen and oxygen atoms in total. The Morgan fingerprint density at radius 3 is 2.55 bits per heavy atom. The molecule has 1 amide bonds. The standard InChI is InChI=1S/C24H26ClN5O2S/c1-2-32-21-9-4-3-8-20(21)26-23(31)17-33-24-11-10-22(27-28-24)30-14-12-29(13-15-30)19-7-5-6-18(25)16-19/h3-11,16H,2,12-15,17H2,1H3,(H,26,31). The van der Waals surface area contributed by atoms with Crippen molar-refractivity contribution in [1.82, 2.24) is 10.2 Å². The molecule has 4 rings (SSSR count). The number of nitrogens with one attached hydrogen (secondary N) is 1. The molecule has 1 aliphatic rings. The Balaban J connectivity index is 1.26. The number of ether oxygens (including phenoxy) is 1. The molecule has 0 unspecified atom stereocenters. The monoisotopic (exact) mass is 483 g/mol. The van der Waals surface area contributed by atoms with Crippen LogP contribution in [0.25, 0.3) is 0 Å². The van der Waals surface area contributed by atoms with Crippen molar-refractivity contribution in [2.45, 2.75) is 11.9 Å². The van der Waals surface area contributed by atoms with Gasteiger partial charge in [0, 0.05) is 36.9 Å². The van der Waals surface area contributed by atoms with Gasteiger partial charge in [0.05, 0.1) is 18.0 Å². The summed E-state index contributed by atoms with van der Waals surface area (Å²) in [7, 11) is 0. The fraction of sp³-hybridized carbons (Fsp3) is 0.292. The second-order valence-electron chi connectivity index (χ2n) is 7.45. The summed E-state index contributed by atoms with van der Waals surface area (Å²) >= 11 is 7.48. The van der Waals surface area contributed by atoms with E-state index in [1.807, 2.05) is 61.5 Å². The number of thioether (sulfide) groups is 1. The fourth-order valence-corrected chi connectivity index (χ4v) is 4.40. The van der Waals surface area contributed by atoms with Crippen molar-refractivity contribution < 1.29 is 9.53 Å². The molecule has 172 valence electrons. The number of piperazine rings is 1. The normalized spacial score (nSPS) is 13.6. The zero-order valence-corrected chi connectivity index (χ0v) is 20.0. The number of amides is 1. The van der Waals surface area contributed by atoms with E-state index in [0.29, 0.717) is 23.1 Å². The first-order valence-electron chi connectivity index (χ1n) is 10.9. The third-order valence-corrected chi connectivity index (χ3v) is 6.37. The van der Waals surface area contributed by atoms with E-state index in [2.05, 4.69) is 31.4 Å². The van der Waals surface area contributed by atoms with E-state index in [4.69, 9.17) is 16.3 Å². The minimum Gasteiger partial charge on any atom is -0.492 e. The largest absolute Gasteiger partial charge is 0.492 e. The van der Waals surface area contributed by atoms with Crippen LogP contribution in [0.4, 0.5) is 17.2 Å². The highest BCUT2D eigenvalue weighted by Gasteiger charge is 2.19. The van der Waals surface area contributed by atoms with Gasteiger partial charge < -0.3 is 19.9 Å². The van der Waals surface area contributed by atoms with Gasteiger partial charge in [-0.25, -0.2) is 0 Å². The highest BCUT2D eigenvalue weighted by Crippen LogP contribution is 2.25. The number of carbonyl (C=O) groups excluding carboxylic acids is 1. The van der Waals surface area contributed by atoms with Gasteiger partial charge in [-0.05, 0) is 49.4 Å². The number of carbonyl (C=O) groups is 1. The summed E-state index contributed by atoms with van der Waals surface area (Å²) in [5, 5.41) is 13.0. The van der Waals surface area contributed by atoms with Gasteiger partial charge in [0.15, 0.2) is 5.82 Å². The quantitative estimate of drug-likeness (QED) is 0.470. The van der Waals surface area contributed by atoms with E-state index >= 15 is 0 Å². The second kappa shape index (κ2) is 11.2. The fourth-order valence-electron chi connectivity index (χ4n) is 3.60. The molecule has 0 atom stereocenters. The van der Waals surface area contributed by atoms with Gasteiger partial charge in [-0.1, -0.05) is 41.6 Å². The van der Waals surface area contributed by atoms with Crippen molar-refractivity contribution >= 4 is 46.5 Å². The molecule has 9 heteroatoms. The van der Waals surface area contributed by atoms with Crippen molar-refractivity contribution in [3.8, 4) is 5.75 Å². The Hall–Kier alpha value is -2.97. The number of benzene rings is 2. The first-order valence-corrected chi connectivity index (χ1v) is 12.2. The minimum absolute atomic E-state index is 0.116. The lowest BCUT2D eigenvalue weighted by Gasteiger charge is -2.36. The van der Waals surface area contributed by atoms with Crippen molar-refractivity contribution in [1.29, 1.82) is 0 Å². The molecule has 0 aliphatic carbocycles. The Labute approximate surface area is 203 Å². The summed E-state index contributed by atoms with van der Waals surface area (Å²) in [6.45, 7) is 5.95. The van der Waals surface area contributed by atoms with Crippen LogP contribution in [0.5, 0.6) is 5.75 Å². The smallest absolute Gasteiger partial charge is 0.234 e. The SMILES string of the molecule is CCOc1ccccc1NC(=O)CSc1ccc(N2CCN(c3cccc(Cl)c3)CC2)nn1. The highest BCUT2D eigenvalue weighted by atomic mass is 35.5. The lowest BCUT2D eigenvalue weighted by atomic mass is 10.2. The predicted molar refractivity (Wildman–Crippen MR) is 135 cm³/mol. The Kier molecular flexibility index (Phi) is 7.91. The van der Waals surface area contributed by atoms with Gasteiger partial charge in [-0.15, -0.1) is 10.2 Å². The minimum atomic E-state index is -0.116. The van der Waals surface area contributed by atoms with Gasteiger partial charge in [0.2, 0.25) is 5.91 Å². The summed E-state index contributed by atoms with van der Waals surface area (Å²) in [4.78, 5) is 16.9. The van der Waals surface area contributed by atoms with E-state index in [-0.39, 0.29) is 11.7 Å². The average Bonchev–Trinajstić information content (AvgIpc) is 2.85. The van der Waals surface area contributed by atoms with Crippen LogP contribution in [0.3, 0.4) is 0 Å². The van der Waals surface area contributed by atoms with E-state index in [9.17, 15) is 4.79 Å². The molecule has 1 fully saturated rings. The van der Waals surface area contributed by atoms with Crippen molar-refractivity contribution in [3.05, 3.63) is 65.7 Å². The Bertz CT molecular complexity index is 1070. The average molecular weight is 484 g/mol. The lowest BCUT2D eigenvalue weighted by Crippen LogP contribution is -2.46. The number of halogens is 1. The van der Waals surface area contributed by atoms with E-state index in [1.165, 1.54) is 11.8 Å². The van der Waals surface area contributed by atoms with Gasteiger partial charge in [0.25, 0.3) is 0 Å². The van der Waals surface area contributed by atoms with Gasteiger partial charge in [0.1, 0.15) is 10.8 Å². The van der Waals surface area contributed by atoms with Crippen LogP contribution in [0, 0.1) is 0 Å². The molecule has 0 radical (unpaired) electrons. The molecule has 2 heterocycles. The zero-order valence-electron chi connectivity index (χ0n) is 18.4. The third-order valence-electron chi connectivity index (χ3n) is 5.22. The molecule has 1 N–H and O–H groups in total. The van der Waals surface area contributed by atoms with E-state index in [0.717, 1.165) is 42.7 Å². The molecular weight excluding hydrogens is 458 g/mol. The summed E-state index contributed by atoms with van der Waals surface area (Å²) in [5.74, 6) is 1.64. The zero-order chi connectivity index (χ0) is 23.0. The maximum atomic E-state index is 12.4. The maximum absolute atomic E-state index is 12.4. The van der Waals surface area contributed by atoms with Crippen LogP contribution < -0.4 is 19.9 Å². The van der Waals surface area contributed by atoms with Crippen molar-refractivity contribution in [2.75, 3.05) is 53.7 Å². The van der Waals surface area contributed by atoms with Crippen LogP contribution in [0.2, 0.25) is 5.02 Å². The van der Waals surface area contributed by atoms with E-state index < -0.39 is 0 Å². The lowest BCUT2D eigenvalue weighted by molar-refractivity contribution is -0.113. The Morgan fingerprint density at radius 1 is 1.03 bits per heavy atom. The van der Waals surface area contributed by atoms with Gasteiger partial charge >= 0.3 is 0 Å². The third kappa shape index (κ3) is 6.30. The first kappa shape index (κ1) is 23.2. The van der Waals surface area contributed by atoms with Crippen molar-refractivity contribution in [2.24, 2.45) is 0 Å². The number of aromatic nitrogens is 2. The van der Waals surface area contributed by atoms with Gasteiger partial charge in [-0.3, -0.25) is 4.79 Å². The van der Waals surface area contributed by atoms with Crippen molar-refractivity contribution in [3.63, 3.8) is 0 Å². The second-order valence-corrected chi connectivity index (χ2v) is 8.88. The number of hydrogen-bond acceptors (Lipinski definition) is 7. The van der Waals surface area contributed by atoms with Crippen LogP contribution in [0.15, 0.2) is 65.7 Å². The molecule has 1 saturated heterocycles. The molecular formula is C24H26ClN5O2S. The molecule has 1 aromatic heterocycles. The molecule has 33 heavy (non-hydrogen) atoms. The molecule has 2 aromatic carbocycles. The topological polar surface area (TPSA) is 70.6 Å². The highest BCUT2D eigenvalue weighted by molar-refractivity contribution is 7.99. The first-order chi connectivity index (χ1) is 16.1. The number of anilines is 3. The Morgan fingerprint density at radius 2 is 1.82 bits per heavy atom. The molecule has 0 saturated carbocycles. The number of rotatable bonds is 8. The van der Waals surface area contributed by atoms with Crippen LogP contribution in [-0.4, -0.2) is 54.6 Å². The molecule has 3 aromatic rings. The summed E-state index contributed by atoms with van der Waals surface area (Å²) in [5.41, 5.74) is 1.81. The van der Waals surface area contributed by atoms with E-state index in [1.54, 1.807) is 0 Å². The number of para-hydroxylation sites is 2. The molecule has 0 spiro atoms. The van der Waals surface area contributed by atoms with Crippen LogP contribution >= 0.6 is 23.4 Å². The van der Waals surface area contributed by atoms with Gasteiger partial charge in [-0.2, -0.15) is 0 Å². The summed E-state index contributed by atoms with van der Waals surface area (Å²) in [6, 6.07) is 19.2. The van der Waals surface area contributed by atoms with Crippen LogP contribution in [-0.2, 0) is 4.79 Å². The molecule has 1 aliphatic heterocycles. The molecule has 0 bridgehead atoms. The summed E-state index contributed by atoms with van der Waals surface area (Å²) < 4.78 is 5.55.